The SMILES string of the molecule is Cc1nc2c(NC(=O)C3CC(CC(=O)O)C3)cccc2c(=O)n1C1CCC(=O)NC1=O.O=C(O)C(F)(F)F. The van der Waals surface area contributed by atoms with Crippen molar-refractivity contribution >= 4 is 46.3 Å². The smallest absolute Gasteiger partial charge is 0.481 e. The number of aliphatic carboxylic acids is 2. The quantitative estimate of drug-likeness (QED) is 0.410. The molecule has 2 aliphatic rings. The lowest BCUT2D eigenvalue weighted by atomic mass is 9.73. The number of piperidine rings is 1. The van der Waals surface area contributed by atoms with Crippen LogP contribution in [0.15, 0.2) is 23.0 Å². The Morgan fingerprint density at radius 1 is 1.16 bits per heavy atom. The number of para-hydroxylation sites is 1. The number of carboxylic acid groups (broad SMARTS) is 2. The maximum Gasteiger partial charge on any atom is 0.490 e. The number of fused-ring (bicyclic) bond motifs is 1. The van der Waals surface area contributed by atoms with Crippen LogP contribution in [0.2, 0.25) is 0 Å². The van der Waals surface area contributed by atoms with Crippen LogP contribution in [0.1, 0.15) is 44.0 Å². The van der Waals surface area contributed by atoms with Crippen LogP contribution in [-0.2, 0) is 24.0 Å². The first-order valence-electron chi connectivity index (χ1n) is 11.4. The maximum absolute atomic E-state index is 13.2. The van der Waals surface area contributed by atoms with Crippen LogP contribution < -0.4 is 16.2 Å². The van der Waals surface area contributed by atoms with Crippen molar-refractivity contribution in [3.05, 3.63) is 34.4 Å². The molecule has 4 N–H and O–H groups in total. The molecule has 204 valence electrons. The number of nitrogens with one attached hydrogen (secondary N) is 2. The highest BCUT2D eigenvalue weighted by Crippen LogP contribution is 2.37. The summed E-state index contributed by atoms with van der Waals surface area (Å²) in [7, 11) is 0. The van der Waals surface area contributed by atoms with Crippen molar-refractivity contribution in [3.8, 4) is 0 Å². The molecule has 3 amide bonds. The molecular weight excluding hydrogens is 517 g/mol. The second-order valence-electron chi connectivity index (χ2n) is 8.93. The predicted molar refractivity (Wildman–Crippen MR) is 123 cm³/mol. The second-order valence-corrected chi connectivity index (χ2v) is 8.93. The number of amides is 3. The van der Waals surface area contributed by atoms with Gasteiger partial charge in [0.15, 0.2) is 0 Å². The third-order valence-corrected chi connectivity index (χ3v) is 6.20. The zero-order valence-electron chi connectivity index (χ0n) is 19.9. The molecule has 1 aromatic heterocycles. The van der Waals surface area contributed by atoms with E-state index in [9.17, 15) is 37.1 Å². The number of hydrogen-bond acceptors (Lipinski definition) is 7. The number of aryl methyl sites for hydroxylation is 1. The highest BCUT2D eigenvalue weighted by molar-refractivity contribution is 6.02. The van der Waals surface area contributed by atoms with Gasteiger partial charge in [-0.3, -0.25) is 33.9 Å². The lowest BCUT2D eigenvalue weighted by molar-refractivity contribution is -0.192. The van der Waals surface area contributed by atoms with Crippen molar-refractivity contribution in [2.75, 3.05) is 5.32 Å². The van der Waals surface area contributed by atoms with Crippen molar-refractivity contribution < 1.29 is 47.4 Å². The molecule has 38 heavy (non-hydrogen) atoms. The van der Waals surface area contributed by atoms with E-state index in [4.69, 9.17) is 15.0 Å². The Bertz CT molecular complexity index is 1360. The predicted octanol–water partition coefficient (Wildman–Crippen LogP) is 1.76. The van der Waals surface area contributed by atoms with Crippen molar-refractivity contribution in [2.24, 2.45) is 11.8 Å². The molecule has 1 saturated heterocycles. The number of hydrogen-bond donors (Lipinski definition) is 4. The number of alkyl halides is 3. The molecular formula is C23H23F3N4O8. The molecule has 12 nitrogen and oxygen atoms in total. The minimum absolute atomic E-state index is 0.00172. The molecule has 1 aliphatic carbocycles. The number of imide groups is 1. The summed E-state index contributed by atoms with van der Waals surface area (Å²) in [5.41, 5.74) is 0.293. The summed E-state index contributed by atoms with van der Waals surface area (Å²) in [4.78, 5) is 73.6. The van der Waals surface area contributed by atoms with Crippen LogP contribution in [0.5, 0.6) is 0 Å². The van der Waals surface area contributed by atoms with Gasteiger partial charge in [0.05, 0.1) is 11.1 Å². The highest BCUT2D eigenvalue weighted by atomic mass is 19.4. The molecule has 0 radical (unpaired) electrons. The lowest BCUT2D eigenvalue weighted by Gasteiger charge is -2.33. The van der Waals surface area contributed by atoms with E-state index in [0.717, 1.165) is 0 Å². The van der Waals surface area contributed by atoms with E-state index in [-0.39, 0.29) is 48.3 Å². The van der Waals surface area contributed by atoms with Gasteiger partial charge in [-0.15, -0.1) is 0 Å². The second kappa shape index (κ2) is 11.0. The zero-order chi connectivity index (χ0) is 28.4. The third-order valence-electron chi connectivity index (χ3n) is 6.20. The Labute approximate surface area is 211 Å². The normalized spacial score (nSPS) is 21.0. The molecule has 2 fully saturated rings. The van der Waals surface area contributed by atoms with Crippen LogP contribution in [0.25, 0.3) is 10.9 Å². The van der Waals surface area contributed by atoms with Crippen molar-refractivity contribution in [1.29, 1.82) is 0 Å². The monoisotopic (exact) mass is 540 g/mol. The minimum atomic E-state index is -5.08. The fourth-order valence-corrected chi connectivity index (χ4v) is 4.32. The van der Waals surface area contributed by atoms with Gasteiger partial charge in [0, 0.05) is 18.8 Å². The van der Waals surface area contributed by atoms with E-state index in [0.29, 0.717) is 29.9 Å². The van der Waals surface area contributed by atoms with Gasteiger partial charge in [-0.05, 0) is 44.2 Å². The van der Waals surface area contributed by atoms with Gasteiger partial charge in [-0.2, -0.15) is 13.2 Å². The number of carboxylic acids is 2. The van der Waals surface area contributed by atoms with E-state index in [1.165, 1.54) is 4.57 Å². The molecule has 2 heterocycles. The summed E-state index contributed by atoms with van der Waals surface area (Å²) < 4.78 is 33.0. The molecule has 0 spiro atoms. The number of nitrogens with zero attached hydrogens (tertiary/aromatic N) is 2. The number of carbonyl (C=O) groups is 5. The summed E-state index contributed by atoms with van der Waals surface area (Å²) in [5, 5.41) is 21.3. The zero-order valence-corrected chi connectivity index (χ0v) is 19.9. The summed E-state index contributed by atoms with van der Waals surface area (Å²) in [6, 6.07) is 4.03. The average molecular weight is 540 g/mol. The maximum atomic E-state index is 13.2. The first-order chi connectivity index (χ1) is 17.7. The van der Waals surface area contributed by atoms with Crippen molar-refractivity contribution in [3.63, 3.8) is 0 Å². The van der Waals surface area contributed by atoms with E-state index < -0.39 is 35.6 Å². The molecule has 1 saturated carbocycles. The van der Waals surface area contributed by atoms with Crippen molar-refractivity contribution in [1.82, 2.24) is 14.9 Å². The van der Waals surface area contributed by atoms with Crippen LogP contribution >= 0.6 is 0 Å². The Balaban J connectivity index is 0.000000505. The summed E-state index contributed by atoms with van der Waals surface area (Å²) >= 11 is 0. The number of halogens is 3. The Hall–Kier alpha value is -4.30. The molecule has 1 unspecified atom stereocenters. The molecule has 1 atom stereocenters. The van der Waals surface area contributed by atoms with Gasteiger partial charge in [-0.1, -0.05) is 6.07 Å². The van der Waals surface area contributed by atoms with E-state index in [1.807, 2.05) is 0 Å². The number of anilines is 1. The Kier molecular flexibility index (Phi) is 8.17. The molecule has 1 aliphatic heterocycles. The summed E-state index contributed by atoms with van der Waals surface area (Å²) in [6.45, 7) is 1.60. The lowest BCUT2D eigenvalue weighted by Crippen LogP contribution is -2.45. The largest absolute Gasteiger partial charge is 0.490 e. The third kappa shape index (κ3) is 6.33. The highest BCUT2D eigenvalue weighted by Gasteiger charge is 2.38. The first kappa shape index (κ1) is 28.3. The van der Waals surface area contributed by atoms with Crippen LogP contribution in [-0.4, -0.2) is 55.6 Å². The number of benzene rings is 1. The van der Waals surface area contributed by atoms with E-state index in [2.05, 4.69) is 15.6 Å². The van der Waals surface area contributed by atoms with Crippen LogP contribution in [0, 0.1) is 18.8 Å². The van der Waals surface area contributed by atoms with E-state index in [1.54, 1.807) is 25.1 Å². The standard InChI is InChI=1S/C21H22N4O6.C2HF3O2/c1-10-22-18-13(21(31)25(10)15-5-6-16(26)24-20(15)30)3-2-4-14(18)23-19(29)12-7-11(8-12)9-17(27)28;3-2(4,5)1(6)7/h2-4,11-12,15H,5-9H2,1H3,(H,23,29)(H,27,28)(H,24,26,30);(H,6,7). The Morgan fingerprint density at radius 2 is 1.79 bits per heavy atom. The summed E-state index contributed by atoms with van der Waals surface area (Å²) in [6.07, 6.45) is -3.65. The molecule has 2 aromatic rings. The van der Waals surface area contributed by atoms with Gasteiger partial charge >= 0.3 is 18.1 Å². The van der Waals surface area contributed by atoms with Gasteiger partial charge in [0.1, 0.15) is 17.4 Å². The van der Waals surface area contributed by atoms with Gasteiger partial charge in [0.2, 0.25) is 17.7 Å². The van der Waals surface area contributed by atoms with E-state index >= 15 is 0 Å². The summed E-state index contributed by atoms with van der Waals surface area (Å²) in [5.74, 6) is -4.73. The van der Waals surface area contributed by atoms with Crippen LogP contribution in [0.4, 0.5) is 18.9 Å². The molecule has 15 heteroatoms. The van der Waals surface area contributed by atoms with Crippen molar-refractivity contribution in [2.45, 2.75) is 51.2 Å². The topological polar surface area (TPSA) is 185 Å². The van der Waals surface area contributed by atoms with Crippen LogP contribution in [0.3, 0.4) is 0 Å². The fourth-order valence-electron chi connectivity index (χ4n) is 4.32. The van der Waals surface area contributed by atoms with Gasteiger partial charge in [-0.25, -0.2) is 9.78 Å². The fraction of sp³-hybridized carbons (Fsp3) is 0.435. The van der Waals surface area contributed by atoms with Gasteiger partial charge in [0.25, 0.3) is 5.56 Å². The number of aromatic nitrogens is 2. The van der Waals surface area contributed by atoms with Gasteiger partial charge < -0.3 is 15.5 Å². The molecule has 1 aromatic carbocycles. The average Bonchev–Trinajstić information content (AvgIpc) is 2.77. The molecule has 0 bridgehead atoms. The molecule has 4 rings (SSSR count). The number of carbonyl (C=O) groups excluding carboxylic acids is 3. The first-order valence-corrected chi connectivity index (χ1v) is 11.4. The minimum Gasteiger partial charge on any atom is -0.481 e. The Morgan fingerprint density at radius 3 is 2.34 bits per heavy atom. The number of rotatable bonds is 5.